The molecule has 0 aromatic heterocycles. The van der Waals surface area contributed by atoms with Gasteiger partial charge in [0, 0.05) is 44.7 Å². The summed E-state index contributed by atoms with van der Waals surface area (Å²) < 4.78 is 63.5. The number of carboxylic acid groups (broad SMARTS) is 2. The number of hydrogen-bond acceptors (Lipinski definition) is 6. The van der Waals surface area contributed by atoms with Crippen LogP contribution in [0.2, 0.25) is 0 Å². The number of carbonyl (C=O) groups is 3. The molecule has 9 nitrogen and oxygen atoms in total. The van der Waals surface area contributed by atoms with Gasteiger partial charge in [-0.25, -0.2) is 9.59 Å². The second-order valence-electron chi connectivity index (χ2n) is 8.41. The minimum atomic E-state index is -5.08. The maximum absolute atomic E-state index is 12.3. The van der Waals surface area contributed by atoms with E-state index in [1.165, 1.54) is 0 Å². The Balaban J connectivity index is 0.000000404. The van der Waals surface area contributed by atoms with Crippen LogP contribution in [0.1, 0.15) is 24.0 Å². The lowest BCUT2D eigenvalue weighted by atomic mass is 10.1. The summed E-state index contributed by atoms with van der Waals surface area (Å²) >= 11 is 0. The summed E-state index contributed by atoms with van der Waals surface area (Å²) in [6, 6.07) is 10.7. The van der Waals surface area contributed by atoms with E-state index in [2.05, 4.69) is 26.8 Å². The SMILES string of the molecule is CN(C)CCN1C(=O)C[C@@H]2[C@@H]1CCN2Cc1cccc(C#N)c1.O=C(O)C(F)(F)F.O=C(O)C(F)(F)F. The Labute approximate surface area is 208 Å². The highest BCUT2D eigenvalue weighted by Crippen LogP contribution is 2.33. The van der Waals surface area contributed by atoms with Crippen molar-refractivity contribution in [2.45, 2.75) is 43.8 Å². The maximum atomic E-state index is 12.3. The number of hydrogen-bond donors (Lipinski definition) is 2. The Morgan fingerprint density at radius 1 is 1.08 bits per heavy atom. The minimum Gasteiger partial charge on any atom is -0.475 e. The quantitative estimate of drug-likeness (QED) is 0.546. The van der Waals surface area contributed by atoms with Crippen LogP contribution in [-0.2, 0) is 20.9 Å². The fourth-order valence-corrected chi connectivity index (χ4v) is 3.78. The average Bonchev–Trinajstić information content (AvgIpc) is 3.30. The van der Waals surface area contributed by atoms with Gasteiger partial charge in [0.1, 0.15) is 0 Å². The van der Waals surface area contributed by atoms with Crippen molar-refractivity contribution in [3.8, 4) is 6.07 Å². The number of likely N-dealkylation sites (tertiary alicyclic amines) is 2. The lowest BCUT2D eigenvalue weighted by Crippen LogP contribution is -2.40. The van der Waals surface area contributed by atoms with Crippen molar-refractivity contribution in [2.24, 2.45) is 0 Å². The summed E-state index contributed by atoms with van der Waals surface area (Å²) in [6.07, 6.45) is -8.47. The summed E-state index contributed by atoms with van der Waals surface area (Å²) in [5, 5.41) is 23.3. The minimum absolute atomic E-state index is 0.289. The molecule has 3 rings (SSSR count). The van der Waals surface area contributed by atoms with Gasteiger partial charge in [-0.05, 0) is 38.2 Å². The van der Waals surface area contributed by atoms with Crippen LogP contribution in [0.25, 0.3) is 0 Å². The van der Waals surface area contributed by atoms with Gasteiger partial charge in [-0.2, -0.15) is 31.6 Å². The lowest BCUT2D eigenvalue weighted by molar-refractivity contribution is -0.193. The third-order valence-corrected chi connectivity index (χ3v) is 5.44. The average molecular weight is 540 g/mol. The van der Waals surface area contributed by atoms with E-state index in [9.17, 15) is 31.1 Å². The molecule has 0 saturated carbocycles. The van der Waals surface area contributed by atoms with Crippen molar-refractivity contribution >= 4 is 17.8 Å². The molecular formula is C22H26F6N4O5. The van der Waals surface area contributed by atoms with E-state index in [4.69, 9.17) is 25.1 Å². The van der Waals surface area contributed by atoms with Crippen molar-refractivity contribution in [2.75, 3.05) is 33.7 Å². The molecule has 2 aliphatic rings. The number of halogens is 6. The molecule has 2 atom stereocenters. The number of fused-ring (bicyclic) bond motifs is 1. The van der Waals surface area contributed by atoms with Gasteiger partial charge in [-0.3, -0.25) is 9.69 Å². The Morgan fingerprint density at radius 2 is 1.62 bits per heavy atom. The normalized spacial score (nSPS) is 19.4. The Morgan fingerprint density at radius 3 is 2.08 bits per heavy atom. The van der Waals surface area contributed by atoms with Crippen LogP contribution >= 0.6 is 0 Å². The maximum Gasteiger partial charge on any atom is 0.490 e. The molecule has 2 heterocycles. The number of nitriles is 1. The fraction of sp³-hybridized carbons (Fsp3) is 0.545. The molecule has 206 valence electrons. The lowest BCUT2D eigenvalue weighted by Gasteiger charge is -2.26. The van der Waals surface area contributed by atoms with Crippen LogP contribution in [0.3, 0.4) is 0 Å². The first-order valence-corrected chi connectivity index (χ1v) is 10.7. The first-order chi connectivity index (χ1) is 17.0. The molecule has 0 unspecified atom stereocenters. The zero-order valence-electron chi connectivity index (χ0n) is 19.9. The largest absolute Gasteiger partial charge is 0.490 e. The van der Waals surface area contributed by atoms with E-state index in [1.54, 1.807) is 0 Å². The van der Waals surface area contributed by atoms with Gasteiger partial charge >= 0.3 is 24.3 Å². The molecule has 2 N–H and O–H groups in total. The summed E-state index contributed by atoms with van der Waals surface area (Å²) in [6.45, 7) is 3.59. The van der Waals surface area contributed by atoms with Crippen molar-refractivity contribution in [1.29, 1.82) is 5.26 Å². The molecule has 2 fully saturated rings. The number of alkyl halides is 6. The Hall–Kier alpha value is -3.38. The van der Waals surface area contributed by atoms with Crippen LogP contribution < -0.4 is 0 Å². The molecule has 2 saturated heterocycles. The second kappa shape index (κ2) is 13.2. The van der Waals surface area contributed by atoms with Gasteiger partial charge in [-0.15, -0.1) is 0 Å². The highest BCUT2D eigenvalue weighted by Gasteiger charge is 2.46. The fourth-order valence-electron chi connectivity index (χ4n) is 3.78. The Kier molecular flexibility index (Phi) is 11.3. The molecule has 0 aliphatic carbocycles. The van der Waals surface area contributed by atoms with Crippen molar-refractivity contribution in [3.63, 3.8) is 0 Å². The molecule has 0 spiro atoms. The second-order valence-corrected chi connectivity index (χ2v) is 8.41. The molecule has 1 aromatic carbocycles. The van der Waals surface area contributed by atoms with Gasteiger partial charge < -0.3 is 20.0 Å². The van der Waals surface area contributed by atoms with Crippen LogP contribution in [-0.4, -0.2) is 101 Å². The first kappa shape index (κ1) is 31.6. The van der Waals surface area contributed by atoms with Gasteiger partial charge in [0.05, 0.1) is 11.6 Å². The summed E-state index contributed by atoms with van der Waals surface area (Å²) in [5.41, 5.74) is 1.86. The number of likely N-dealkylation sites (N-methyl/N-ethyl adjacent to an activating group) is 1. The molecule has 15 heteroatoms. The first-order valence-electron chi connectivity index (χ1n) is 10.7. The van der Waals surface area contributed by atoms with E-state index >= 15 is 0 Å². The number of amides is 1. The van der Waals surface area contributed by atoms with E-state index in [-0.39, 0.29) is 5.91 Å². The molecule has 37 heavy (non-hydrogen) atoms. The van der Waals surface area contributed by atoms with Gasteiger partial charge in [-0.1, -0.05) is 12.1 Å². The number of benzene rings is 1. The molecule has 1 amide bonds. The molecule has 0 bridgehead atoms. The Bertz CT molecular complexity index is 969. The van der Waals surface area contributed by atoms with Gasteiger partial charge in [0.25, 0.3) is 0 Å². The third kappa shape index (κ3) is 10.3. The zero-order chi connectivity index (χ0) is 28.6. The summed E-state index contributed by atoms with van der Waals surface area (Å²) in [7, 11) is 4.09. The van der Waals surface area contributed by atoms with E-state index in [0.717, 1.165) is 38.2 Å². The predicted octanol–water partition coefficient (Wildman–Crippen LogP) is 2.56. The monoisotopic (exact) mass is 540 g/mol. The smallest absolute Gasteiger partial charge is 0.475 e. The van der Waals surface area contributed by atoms with E-state index in [0.29, 0.717) is 24.1 Å². The third-order valence-electron chi connectivity index (χ3n) is 5.44. The van der Waals surface area contributed by atoms with Crippen LogP contribution in [0.15, 0.2) is 24.3 Å². The number of carbonyl (C=O) groups excluding carboxylic acids is 1. The number of aliphatic carboxylic acids is 2. The van der Waals surface area contributed by atoms with Crippen LogP contribution in [0.5, 0.6) is 0 Å². The zero-order valence-corrected chi connectivity index (χ0v) is 19.9. The topological polar surface area (TPSA) is 125 Å². The molecular weight excluding hydrogens is 514 g/mol. The predicted molar refractivity (Wildman–Crippen MR) is 116 cm³/mol. The summed E-state index contributed by atoms with van der Waals surface area (Å²) in [4.78, 5) is 36.7. The van der Waals surface area contributed by atoms with Crippen molar-refractivity contribution in [1.82, 2.24) is 14.7 Å². The van der Waals surface area contributed by atoms with Gasteiger partial charge in [0.2, 0.25) is 5.91 Å². The number of nitrogens with zero attached hydrogens (tertiary/aromatic N) is 4. The van der Waals surface area contributed by atoms with Crippen LogP contribution in [0, 0.1) is 11.3 Å². The standard InChI is InChI=1S/C18H24N4O.2C2HF3O2/c1-20(2)8-9-22-16-6-7-21(17(16)11-18(22)23)13-15-5-3-4-14(10-15)12-19;2*3-2(4,5)1(6)7/h3-5,10,16-17H,6-9,11,13H2,1-2H3;2*(H,6,7)/t16-,17+;;/m0../s1. The number of rotatable bonds is 5. The van der Waals surface area contributed by atoms with E-state index in [1.807, 2.05) is 32.3 Å². The van der Waals surface area contributed by atoms with E-state index < -0.39 is 24.3 Å². The van der Waals surface area contributed by atoms with Crippen molar-refractivity contribution < 1.29 is 50.9 Å². The highest BCUT2D eigenvalue weighted by molar-refractivity contribution is 5.80. The highest BCUT2D eigenvalue weighted by atomic mass is 19.4. The van der Waals surface area contributed by atoms with Crippen LogP contribution in [0.4, 0.5) is 26.3 Å². The number of carboxylic acids is 2. The summed E-state index contributed by atoms with van der Waals surface area (Å²) in [5.74, 6) is -5.22. The molecule has 2 aliphatic heterocycles. The van der Waals surface area contributed by atoms with Crippen molar-refractivity contribution in [3.05, 3.63) is 35.4 Å². The molecule has 0 radical (unpaired) electrons. The van der Waals surface area contributed by atoms with Gasteiger partial charge in [0.15, 0.2) is 0 Å². The molecule has 1 aromatic rings.